The lowest BCUT2D eigenvalue weighted by atomic mass is 10.0. The molecule has 0 radical (unpaired) electrons. The average Bonchev–Trinajstić information content (AvgIpc) is 2.93. The van der Waals surface area contributed by atoms with Crippen molar-refractivity contribution in [1.29, 1.82) is 0 Å². The van der Waals surface area contributed by atoms with Gasteiger partial charge >= 0.3 is 0 Å². The molecule has 1 aliphatic heterocycles. The molecule has 1 aliphatic rings. The van der Waals surface area contributed by atoms with Gasteiger partial charge in [0.25, 0.3) is 0 Å². The summed E-state index contributed by atoms with van der Waals surface area (Å²) in [4.78, 5) is 0. The summed E-state index contributed by atoms with van der Waals surface area (Å²) < 4.78 is 11.1. The van der Waals surface area contributed by atoms with Crippen LogP contribution in [-0.4, -0.2) is 39.5 Å². The van der Waals surface area contributed by atoms with Crippen molar-refractivity contribution in [3.63, 3.8) is 0 Å². The lowest BCUT2D eigenvalue weighted by Crippen LogP contribution is -2.36. The van der Waals surface area contributed by atoms with E-state index in [9.17, 15) is 0 Å². The fraction of sp³-hybridized carbons (Fsp3) is 0.600. The van der Waals surface area contributed by atoms with Crippen LogP contribution in [0, 0.1) is 0 Å². The Kier molecular flexibility index (Phi) is 6.26. The fourth-order valence-corrected chi connectivity index (χ4v) is 2.46. The van der Waals surface area contributed by atoms with Crippen LogP contribution in [0.5, 0.6) is 5.75 Å². The van der Waals surface area contributed by atoms with E-state index in [1.165, 1.54) is 5.56 Å². The Morgan fingerprint density at radius 1 is 1.25 bits per heavy atom. The van der Waals surface area contributed by atoms with Gasteiger partial charge < -0.3 is 14.8 Å². The Balaban J connectivity index is 1.94. The summed E-state index contributed by atoms with van der Waals surface area (Å²) in [5.74, 6) is 0.941. The van der Waals surface area contributed by atoms with E-state index in [2.05, 4.69) is 28.3 Å². The highest BCUT2D eigenvalue weighted by Crippen LogP contribution is 2.29. The largest absolute Gasteiger partial charge is 0.491 e. The van der Waals surface area contributed by atoms with Crippen LogP contribution in [0.1, 0.15) is 24.9 Å². The zero-order valence-electron chi connectivity index (χ0n) is 12.3. The molecule has 20 heavy (non-hydrogen) atoms. The van der Waals surface area contributed by atoms with E-state index < -0.39 is 0 Å². The molecular formula is C15H25N3O2. The minimum absolute atomic E-state index is 0.289. The quantitative estimate of drug-likeness (QED) is 0.625. The van der Waals surface area contributed by atoms with E-state index in [0.29, 0.717) is 19.3 Å². The third-order valence-electron chi connectivity index (χ3n) is 3.42. The van der Waals surface area contributed by atoms with Crippen molar-refractivity contribution in [3.05, 3.63) is 29.8 Å². The van der Waals surface area contributed by atoms with Crippen LogP contribution in [0.3, 0.4) is 0 Å². The monoisotopic (exact) mass is 279 g/mol. The van der Waals surface area contributed by atoms with Gasteiger partial charge in [0.2, 0.25) is 0 Å². The Morgan fingerprint density at radius 2 is 2.10 bits per heavy atom. The van der Waals surface area contributed by atoms with Crippen LogP contribution < -0.4 is 20.9 Å². The zero-order valence-corrected chi connectivity index (χ0v) is 12.3. The average molecular weight is 279 g/mol. The van der Waals surface area contributed by atoms with Gasteiger partial charge in [0, 0.05) is 24.8 Å². The van der Waals surface area contributed by atoms with E-state index in [0.717, 1.165) is 25.3 Å². The highest BCUT2D eigenvalue weighted by molar-refractivity contribution is 5.36. The molecule has 0 aromatic heterocycles. The maximum absolute atomic E-state index is 5.84. The molecule has 3 N–H and O–H groups in total. The predicted molar refractivity (Wildman–Crippen MR) is 79.8 cm³/mol. The standard InChI is InChI=1S/C15H25N3O2/c1-3-19-8-9-20-15-7-5-4-6-13(15)14-10-12(11-16-2)17-18-14/h4-7,12,14,16-18H,3,8-11H2,1-2H3. The number of rotatable bonds is 8. The van der Waals surface area contributed by atoms with Gasteiger partial charge in [-0.3, -0.25) is 5.43 Å². The molecule has 1 heterocycles. The molecule has 1 fully saturated rings. The Bertz CT molecular complexity index is 400. The third kappa shape index (κ3) is 4.18. The molecule has 0 aliphatic carbocycles. The zero-order chi connectivity index (χ0) is 14.2. The van der Waals surface area contributed by atoms with Gasteiger partial charge in [0.15, 0.2) is 0 Å². The lowest BCUT2D eigenvalue weighted by Gasteiger charge is -2.16. The number of para-hydroxylation sites is 1. The first kappa shape index (κ1) is 15.3. The SMILES string of the molecule is CCOCCOc1ccccc1C1CC(CNC)NN1. The first-order valence-corrected chi connectivity index (χ1v) is 7.30. The number of benzene rings is 1. The van der Waals surface area contributed by atoms with E-state index in [1.54, 1.807) is 0 Å². The lowest BCUT2D eigenvalue weighted by molar-refractivity contribution is 0.109. The predicted octanol–water partition coefficient (Wildman–Crippen LogP) is 1.23. The minimum atomic E-state index is 0.289. The number of hydrogen-bond acceptors (Lipinski definition) is 5. The van der Waals surface area contributed by atoms with Crippen molar-refractivity contribution in [2.75, 3.05) is 33.4 Å². The number of likely N-dealkylation sites (N-methyl/N-ethyl adjacent to an activating group) is 1. The molecule has 1 saturated heterocycles. The minimum Gasteiger partial charge on any atom is -0.491 e. The van der Waals surface area contributed by atoms with E-state index >= 15 is 0 Å². The van der Waals surface area contributed by atoms with Crippen molar-refractivity contribution in [2.45, 2.75) is 25.4 Å². The molecule has 5 heteroatoms. The summed E-state index contributed by atoms with van der Waals surface area (Å²) in [6.45, 7) is 4.89. The number of hydrazine groups is 1. The van der Waals surface area contributed by atoms with Gasteiger partial charge in [-0.25, -0.2) is 5.43 Å². The molecule has 1 aromatic carbocycles. The molecule has 2 rings (SSSR count). The van der Waals surface area contributed by atoms with Crippen molar-refractivity contribution < 1.29 is 9.47 Å². The second-order valence-electron chi connectivity index (χ2n) is 4.91. The first-order valence-electron chi connectivity index (χ1n) is 7.30. The van der Waals surface area contributed by atoms with Crippen LogP contribution in [0.25, 0.3) is 0 Å². The van der Waals surface area contributed by atoms with E-state index in [4.69, 9.17) is 9.47 Å². The van der Waals surface area contributed by atoms with E-state index in [-0.39, 0.29) is 6.04 Å². The molecule has 5 nitrogen and oxygen atoms in total. The summed E-state index contributed by atoms with van der Waals surface area (Å²) in [5, 5.41) is 3.19. The summed E-state index contributed by atoms with van der Waals surface area (Å²) in [7, 11) is 1.97. The molecule has 0 saturated carbocycles. The normalized spacial score (nSPS) is 22.1. The maximum Gasteiger partial charge on any atom is 0.124 e. The summed E-state index contributed by atoms with van der Waals surface area (Å²) in [6, 6.07) is 8.94. The van der Waals surface area contributed by atoms with Crippen molar-refractivity contribution in [2.24, 2.45) is 0 Å². The van der Waals surface area contributed by atoms with E-state index in [1.807, 2.05) is 26.1 Å². The molecule has 0 amide bonds. The maximum atomic E-state index is 5.84. The molecule has 2 atom stereocenters. The van der Waals surface area contributed by atoms with Gasteiger partial charge in [-0.05, 0) is 26.5 Å². The number of ether oxygens (including phenoxy) is 2. The van der Waals surface area contributed by atoms with Gasteiger partial charge in [-0.15, -0.1) is 0 Å². The van der Waals surface area contributed by atoms with Gasteiger partial charge in [0.1, 0.15) is 12.4 Å². The summed E-state index contributed by atoms with van der Waals surface area (Å²) in [5.41, 5.74) is 7.87. The van der Waals surface area contributed by atoms with Crippen LogP contribution >= 0.6 is 0 Å². The molecular weight excluding hydrogens is 254 g/mol. The highest BCUT2D eigenvalue weighted by atomic mass is 16.5. The second kappa shape index (κ2) is 8.21. The molecule has 1 aromatic rings. The Labute approximate surface area is 121 Å². The molecule has 0 bridgehead atoms. The Hall–Kier alpha value is -1.14. The summed E-state index contributed by atoms with van der Waals surface area (Å²) >= 11 is 0. The highest BCUT2D eigenvalue weighted by Gasteiger charge is 2.26. The topological polar surface area (TPSA) is 54.6 Å². The molecule has 2 unspecified atom stereocenters. The second-order valence-corrected chi connectivity index (χ2v) is 4.91. The van der Waals surface area contributed by atoms with Crippen LogP contribution in [0.4, 0.5) is 0 Å². The number of hydrogen-bond donors (Lipinski definition) is 3. The van der Waals surface area contributed by atoms with Gasteiger partial charge in [-0.1, -0.05) is 18.2 Å². The summed E-state index contributed by atoms with van der Waals surface area (Å²) in [6.07, 6.45) is 1.05. The molecule has 0 spiro atoms. The van der Waals surface area contributed by atoms with Crippen LogP contribution in [0.15, 0.2) is 24.3 Å². The van der Waals surface area contributed by atoms with Crippen molar-refractivity contribution in [1.82, 2.24) is 16.2 Å². The smallest absolute Gasteiger partial charge is 0.124 e. The Morgan fingerprint density at radius 3 is 2.90 bits per heavy atom. The number of nitrogens with one attached hydrogen (secondary N) is 3. The van der Waals surface area contributed by atoms with Gasteiger partial charge in [-0.2, -0.15) is 0 Å². The fourth-order valence-electron chi connectivity index (χ4n) is 2.46. The first-order chi connectivity index (χ1) is 9.85. The van der Waals surface area contributed by atoms with Crippen molar-refractivity contribution in [3.8, 4) is 5.75 Å². The van der Waals surface area contributed by atoms with Gasteiger partial charge in [0.05, 0.1) is 12.6 Å². The van der Waals surface area contributed by atoms with Crippen LogP contribution in [-0.2, 0) is 4.74 Å². The third-order valence-corrected chi connectivity index (χ3v) is 3.42. The molecule has 112 valence electrons. The van der Waals surface area contributed by atoms with Crippen LogP contribution in [0.2, 0.25) is 0 Å². The van der Waals surface area contributed by atoms with Crippen molar-refractivity contribution >= 4 is 0 Å².